The zero-order valence-electron chi connectivity index (χ0n) is 11.9. The van der Waals surface area contributed by atoms with Crippen molar-refractivity contribution in [3.05, 3.63) is 40.3 Å². The minimum atomic E-state index is -0.530. The number of hydrogen-bond donors (Lipinski definition) is 0. The molecule has 1 amide bonds. The number of carbonyl (C=O) groups is 1. The van der Waals surface area contributed by atoms with E-state index in [0.29, 0.717) is 5.92 Å². The summed E-state index contributed by atoms with van der Waals surface area (Å²) in [5.74, 6) is 0.160. The van der Waals surface area contributed by atoms with E-state index in [2.05, 4.69) is 43.3 Å². The Morgan fingerprint density at radius 2 is 1.68 bits per heavy atom. The van der Waals surface area contributed by atoms with Crippen molar-refractivity contribution in [1.82, 2.24) is 0 Å². The van der Waals surface area contributed by atoms with Crippen molar-refractivity contribution in [2.75, 3.05) is 0 Å². The maximum Gasteiger partial charge on any atom is 0.286 e. The van der Waals surface area contributed by atoms with Gasteiger partial charge in [0.1, 0.15) is 0 Å². The Morgan fingerprint density at radius 1 is 1.05 bits per heavy atom. The van der Waals surface area contributed by atoms with Crippen molar-refractivity contribution in [3.63, 3.8) is 0 Å². The molecule has 19 heavy (non-hydrogen) atoms. The van der Waals surface area contributed by atoms with Gasteiger partial charge in [-0.25, -0.2) is 0 Å². The van der Waals surface area contributed by atoms with Crippen LogP contribution in [0.25, 0.3) is 0 Å². The van der Waals surface area contributed by atoms with E-state index in [9.17, 15) is 9.70 Å². The highest BCUT2D eigenvalue weighted by Crippen LogP contribution is 2.12. The van der Waals surface area contributed by atoms with E-state index >= 15 is 0 Å². The van der Waals surface area contributed by atoms with E-state index in [-0.39, 0.29) is 6.42 Å². The van der Waals surface area contributed by atoms with E-state index in [4.69, 9.17) is 0 Å². The molecule has 0 saturated heterocycles. The number of benzene rings is 1. The molecule has 1 aromatic carbocycles. The van der Waals surface area contributed by atoms with Crippen molar-refractivity contribution in [2.24, 2.45) is 11.1 Å². The summed E-state index contributed by atoms with van der Waals surface area (Å²) in [4.78, 5) is 20.6. The van der Waals surface area contributed by atoms with Crippen LogP contribution in [0.3, 0.4) is 0 Å². The van der Waals surface area contributed by atoms with Crippen LogP contribution >= 0.6 is 0 Å². The zero-order valence-corrected chi connectivity index (χ0v) is 11.9. The quantitative estimate of drug-likeness (QED) is 0.518. The Balaban J connectivity index is 2.22. The minimum Gasteiger partial charge on any atom is -0.269 e. The van der Waals surface area contributed by atoms with Crippen LogP contribution in [-0.2, 0) is 17.6 Å². The fourth-order valence-corrected chi connectivity index (χ4v) is 2.14. The van der Waals surface area contributed by atoms with Gasteiger partial charge >= 0.3 is 0 Å². The Labute approximate surface area is 115 Å². The van der Waals surface area contributed by atoms with Gasteiger partial charge in [-0.3, -0.25) is 4.79 Å². The Bertz CT molecular complexity index is 396. The van der Waals surface area contributed by atoms with E-state index in [1.54, 1.807) is 0 Å². The number of carbonyl (C=O) groups excluding carboxylic acids is 1. The molecule has 0 radical (unpaired) electrons. The van der Waals surface area contributed by atoms with Crippen molar-refractivity contribution in [3.8, 4) is 0 Å². The smallest absolute Gasteiger partial charge is 0.269 e. The van der Waals surface area contributed by atoms with Gasteiger partial charge in [0.05, 0.1) is 0 Å². The van der Waals surface area contributed by atoms with Crippen LogP contribution in [0.2, 0.25) is 0 Å². The molecule has 0 aliphatic heterocycles. The van der Waals surface area contributed by atoms with Gasteiger partial charge in [0.2, 0.25) is 0 Å². The normalized spacial score (nSPS) is 10.7. The molecule has 3 heteroatoms. The second-order valence-corrected chi connectivity index (χ2v) is 5.46. The summed E-state index contributed by atoms with van der Waals surface area (Å²) in [7, 11) is 0. The maximum atomic E-state index is 10.7. The molecule has 0 unspecified atom stereocenters. The third-order valence-electron chi connectivity index (χ3n) is 3.12. The molecule has 0 spiro atoms. The molecule has 0 atom stereocenters. The van der Waals surface area contributed by atoms with Gasteiger partial charge in [-0.05, 0) is 42.7 Å². The number of unbranched alkanes of at least 4 members (excludes halogenated alkanes) is 2. The first-order valence-electron chi connectivity index (χ1n) is 7.06. The molecular weight excluding hydrogens is 238 g/mol. The third kappa shape index (κ3) is 6.85. The van der Waals surface area contributed by atoms with E-state index < -0.39 is 5.91 Å². The predicted octanol–water partition coefficient (Wildman–Crippen LogP) is 4.28. The van der Waals surface area contributed by atoms with Crippen molar-refractivity contribution in [1.29, 1.82) is 0 Å². The van der Waals surface area contributed by atoms with E-state index in [1.807, 2.05) is 0 Å². The van der Waals surface area contributed by atoms with Gasteiger partial charge in [0.15, 0.2) is 0 Å². The van der Waals surface area contributed by atoms with Gasteiger partial charge in [0, 0.05) is 11.6 Å². The largest absolute Gasteiger partial charge is 0.286 e. The second-order valence-electron chi connectivity index (χ2n) is 5.46. The molecule has 1 rings (SSSR count). The fourth-order valence-electron chi connectivity index (χ4n) is 2.14. The highest BCUT2D eigenvalue weighted by molar-refractivity contribution is 5.76. The summed E-state index contributed by atoms with van der Waals surface area (Å²) >= 11 is 0. The van der Waals surface area contributed by atoms with Gasteiger partial charge in [0.25, 0.3) is 5.91 Å². The Hall–Kier alpha value is -1.51. The van der Waals surface area contributed by atoms with Crippen LogP contribution in [0.4, 0.5) is 0 Å². The van der Waals surface area contributed by atoms with Crippen LogP contribution < -0.4 is 0 Å². The third-order valence-corrected chi connectivity index (χ3v) is 3.12. The highest BCUT2D eigenvalue weighted by Gasteiger charge is 2.01. The van der Waals surface area contributed by atoms with Crippen LogP contribution in [0.15, 0.2) is 29.4 Å². The summed E-state index contributed by atoms with van der Waals surface area (Å²) in [5.41, 5.74) is 2.73. The SMILES string of the molecule is CC(C)Cc1ccc(CCCCCC(=O)N=O)cc1. The molecule has 0 fully saturated rings. The number of amides is 1. The van der Waals surface area contributed by atoms with Gasteiger partial charge in [-0.1, -0.05) is 44.5 Å². The van der Waals surface area contributed by atoms with Crippen molar-refractivity contribution >= 4 is 5.91 Å². The highest BCUT2D eigenvalue weighted by atomic mass is 16.3. The number of rotatable bonds is 8. The van der Waals surface area contributed by atoms with Crippen LogP contribution in [0.5, 0.6) is 0 Å². The number of nitrogens with zero attached hydrogens (tertiary/aromatic N) is 1. The molecule has 0 heterocycles. The van der Waals surface area contributed by atoms with Crippen molar-refractivity contribution in [2.45, 2.75) is 52.4 Å². The average molecular weight is 261 g/mol. The van der Waals surface area contributed by atoms with Gasteiger partial charge in [-0.15, -0.1) is 4.91 Å². The Morgan fingerprint density at radius 3 is 2.26 bits per heavy atom. The topological polar surface area (TPSA) is 46.5 Å². The molecule has 0 aromatic heterocycles. The summed E-state index contributed by atoms with van der Waals surface area (Å²) in [6, 6.07) is 8.79. The van der Waals surface area contributed by atoms with Gasteiger partial charge in [-0.2, -0.15) is 0 Å². The monoisotopic (exact) mass is 261 g/mol. The van der Waals surface area contributed by atoms with Crippen LogP contribution in [0, 0.1) is 10.8 Å². The molecular formula is C16H23NO2. The molecule has 0 aliphatic carbocycles. The lowest BCUT2D eigenvalue weighted by Crippen LogP contribution is -1.95. The molecule has 1 aromatic rings. The minimum absolute atomic E-state index is 0.289. The molecule has 3 nitrogen and oxygen atoms in total. The summed E-state index contributed by atoms with van der Waals surface area (Å²) in [6.07, 6.45) is 5.23. The summed E-state index contributed by atoms with van der Waals surface area (Å²) < 4.78 is 0. The van der Waals surface area contributed by atoms with Crippen molar-refractivity contribution < 1.29 is 4.79 Å². The van der Waals surface area contributed by atoms with E-state index in [1.165, 1.54) is 11.1 Å². The summed E-state index contributed by atoms with van der Waals surface area (Å²) in [6.45, 7) is 4.45. The maximum absolute atomic E-state index is 10.7. The number of nitroso groups, excluding NO2 is 1. The second kappa shape index (κ2) is 8.57. The molecule has 0 bridgehead atoms. The number of hydrogen-bond acceptors (Lipinski definition) is 2. The molecule has 104 valence electrons. The lowest BCUT2D eigenvalue weighted by molar-refractivity contribution is -0.118. The van der Waals surface area contributed by atoms with Crippen LogP contribution in [-0.4, -0.2) is 5.91 Å². The molecule has 0 saturated carbocycles. The fraction of sp³-hybridized carbons (Fsp3) is 0.562. The number of aryl methyl sites for hydroxylation is 1. The first kappa shape index (κ1) is 15.5. The summed E-state index contributed by atoms with van der Waals surface area (Å²) in [5, 5.41) is 2.39. The predicted molar refractivity (Wildman–Crippen MR) is 78.0 cm³/mol. The Kier molecular flexibility index (Phi) is 7.01. The van der Waals surface area contributed by atoms with E-state index in [0.717, 1.165) is 32.1 Å². The lowest BCUT2D eigenvalue weighted by atomic mass is 10.00. The van der Waals surface area contributed by atoms with Crippen LogP contribution in [0.1, 0.15) is 50.7 Å². The molecule has 0 aliphatic rings. The first-order chi connectivity index (χ1) is 9.11. The first-order valence-corrected chi connectivity index (χ1v) is 7.06. The molecule has 0 N–H and O–H groups in total. The standard InChI is InChI=1S/C16H23NO2/c1-13(2)12-15-10-8-14(9-11-15)6-4-3-5-7-16(18)17-19/h8-11,13H,3-7,12H2,1-2H3. The van der Waals surface area contributed by atoms with Gasteiger partial charge < -0.3 is 0 Å². The lowest BCUT2D eigenvalue weighted by Gasteiger charge is -2.06. The zero-order chi connectivity index (χ0) is 14.1. The average Bonchev–Trinajstić information content (AvgIpc) is 2.39.